The Balaban J connectivity index is 2.60. The number of carbonyl (C=O) groups is 1. The zero-order chi connectivity index (χ0) is 12.7. The minimum atomic E-state index is 0.618. The van der Waals surface area contributed by atoms with Crippen molar-refractivity contribution in [3.63, 3.8) is 0 Å². The molecule has 0 saturated heterocycles. The van der Waals surface area contributed by atoms with E-state index in [2.05, 4.69) is 22.9 Å². The summed E-state index contributed by atoms with van der Waals surface area (Å²) < 4.78 is 6.62. The number of aryl methyl sites for hydroxylation is 1. The van der Waals surface area contributed by atoms with Gasteiger partial charge in [-0.2, -0.15) is 0 Å². The maximum absolute atomic E-state index is 11.0. The number of halogens is 1. The van der Waals surface area contributed by atoms with Crippen molar-refractivity contribution in [3.8, 4) is 5.75 Å². The predicted molar refractivity (Wildman–Crippen MR) is 73.9 cm³/mol. The Kier molecular flexibility index (Phi) is 6.27. The van der Waals surface area contributed by atoms with E-state index in [1.807, 2.05) is 13.0 Å². The zero-order valence-corrected chi connectivity index (χ0v) is 12.0. The Morgan fingerprint density at radius 3 is 2.71 bits per heavy atom. The van der Waals surface area contributed by atoms with Gasteiger partial charge >= 0.3 is 0 Å². The maximum atomic E-state index is 11.0. The smallest absolute Gasteiger partial charge is 0.153 e. The molecule has 0 aliphatic rings. The number of ether oxygens (including phenoxy) is 1. The van der Waals surface area contributed by atoms with E-state index in [1.54, 1.807) is 6.07 Å². The van der Waals surface area contributed by atoms with Crippen molar-refractivity contribution >= 4 is 22.2 Å². The summed E-state index contributed by atoms with van der Waals surface area (Å²) in [6.45, 7) is 4.83. The third kappa shape index (κ3) is 4.50. The summed E-state index contributed by atoms with van der Waals surface area (Å²) in [6.07, 6.45) is 5.53. The summed E-state index contributed by atoms with van der Waals surface area (Å²) in [7, 11) is 0. The lowest BCUT2D eigenvalue weighted by Gasteiger charge is -2.11. The molecular weight excluding hydrogens is 280 g/mol. The van der Waals surface area contributed by atoms with Gasteiger partial charge in [-0.15, -0.1) is 0 Å². The quantitative estimate of drug-likeness (QED) is 0.546. The molecule has 0 amide bonds. The first-order valence-corrected chi connectivity index (χ1v) is 6.86. The highest BCUT2D eigenvalue weighted by molar-refractivity contribution is 9.10. The lowest BCUT2D eigenvalue weighted by atomic mass is 10.1. The summed E-state index contributed by atoms with van der Waals surface area (Å²) in [5.74, 6) is 0.722. The Morgan fingerprint density at radius 2 is 2.06 bits per heavy atom. The van der Waals surface area contributed by atoms with Gasteiger partial charge in [-0.3, -0.25) is 4.79 Å². The van der Waals surface area contributed by atoms with Crippen LogP contribution in [0.25, 0.3) is 0 Å². The van der Waals surface area contributed by atoms with Crippen LogP contribution in [0.3, 0.4) is 0 Å². The average Bonchev–Trinajstić information content (AvgIpc) is 2.30. The molecule has 0 radical (unpaired) electrons. The molecule has 0 aliphatic carbocycles. The second-order valence-corrected chi connectivity index (χ2v) is 5.08. The second kappa shape index (κ2) is 7.49. The maximum Gasteiger partial charge on any atom is 0.153 e. The van der Waals surface area contributed by atoms with Gasteiger partial charge in [-0.05, 0) is 31.0 Å². The van der Waals surface area contributed by atoms with Crippen LogP contribution in [0.15, 0.2) is 16.6 Å². The van der Waals surface area contributed by atoms with Crippen molar-refractivity contribution < 1.29 is 9.53 Å². The minimum Gasteiger partial charge on any atom is -0.493 e. The standard InChI is InChI=1S/C14H19BrO2/c1-3-4-5-6-7-17-14-11(2)8-13(15)9-12(14)10-16/h8-10H,3-7H2,1-2H3. The van der Waals surface area contributed by atoms with Crippen LogP contribution in [0, 0.1) is 6.92 Å². The molecule has 0 spiro atoms. The Bertz CT molecular complexity index is 375. The summed E-state index contributed by atoms with van der Waals surface area (Å²) in [6, 6.07) is 3.76. The third-order valence-electron chi connectivity index (χ3n) is 2.64. The number of carbonyl (C=O) groups excluding carboxylic acids is 1. The van der Waals surface area contributed by atoms with Gasteiger partial charge in [0.05, 0.1) is 12.2 Å². The summed E-state index contributed by atoms with van der Waals surface area (Å²) >= 11 is 3.38. The van der Waals surface area contributed by atoms with Crippen LogP contribution in [0.1, 0.15) is 48.5 Å². The highest BCUT2D eigenvalue weighted by atomic mass is 79.9. The number of benzene rings is 1. The van der Waals surface area contributed by atoms with Gasteiger partial charge in [-0.1, -0.05) is 42.1 Å². The van der Waals surface area contributed by atoms with Crippen molar-refractivity contribution in [1.82, 2.24) is 0 Å². The molecule has 0 fully saturated rings. The molecule has 0 bridgehead atoms. The first-order valence-electron chi connectivity index (χ1n) is 6.07. The van der Waals surface area contributed by atoms with Crippen molar-refractivity contribution in [3.05, 3.63) is 27.7 Å². The minimum absolute atomic E-state index is 0.618. The van der Waals surface area contributed by atoms with E-state index in [4.69, 9.17) is 4.74 Å². The molecule has 17 heavy (non-hydrogen) atoms. The molecule has 1 rings (SSSR count). The van der Waals surface area contributed by atoms with Crippen molar-refractivity contribution in [2.24, 2.45) is 0 Å². The van der Waals surface area contributed by atoms with Crippen LogP contribution in [0.5, 0.6) is 5.75 Å². The molecule has 2 nitrogen and oxygen atoms in total. The van der Waals surface area contributed by atoms with Gasteiger partial charge in [0.1, 0.15) is 5.75 Å². The van der Waals surface area contributed by atoms with Crippen LogP contribution in [0.2, 0.25) is 0 Å². The van der Waals surface area contributed by atoms with Gasteiger partial charge in [0.15, 0.2) is 6.29 Å². The Labute approximate surface area is 111 Å². The fourth-order valence-electron chi connectivity index (χ4n) is 1.74. The molecule has 0 saturated carbocycles. The highest BCUT2D eigenvalue weighted by Gasteiger charge is 2.08. The summed E-state index contributed by atoms with van der Waals surface area (Å²) in [5, 5.41) is 0. The van der Waals surface area contributed by atoms with E-state index in [0.717, 1.165) is 28.5 Å². The molecule has 0 atom stereocenters. The molecule has 1 aromatic carbocycles. The van der Waals surface area contributed by atoms with Crippen LogP contribution >= 0.6 is 15.9 Å². The fraction of sp³-hybridized carbons (Fsp3) is 0.500. The topological polar surface area (TPSA) is 26.3 Å². The van der Waals surface area contributed by atoms with E-state index >= 15 is 0 Å². The van der Waals surface area contributed by atoms with Crippen molar-refractivity contribution in [2.75, 3.05) is 6.61 Å². The highest BCUT2D eigenvalue weighted by Crippen LogP contribution is 2.27. The van der Waals surface area contributed by atoms with Gasteiger partial charge in [-0.25, -0.2) is 0 Å². The molecule has 94 valence electrons. The first-order chi connectivity index (χ1) is 8.19. The molecule has 0 aliphatic heterocycles. The largest absolute Gasteiger partial charge is 0.493 e. The van der Waals surface area contributed by atoms with Gasteiger partial charge < -0.3 is 4.74 Å². The summed E-state index contributed by atoms with van der Waals surface area (Å²) in [4.78, 5) is 11.0. The molecule has 0 unspecified atom stereocenters. The van der Waals surface area contributed by atoms with E-state index in [0.29, 0.717) is 12.2 Å². The summed E-state index contributed by atoms with van der Waals surface area (Å²) in [5.41, 5.74) is 1.62. The number of unbranched alkanes of at least 4 members (excludes halogenated alkanes) is 3. The first kappa shape index (κ1) is 14.2. The van der Waals surface area contributed by atoms with E-state index < -0.39 is 0 Å². The fourth-order valence-corrected chi connectivity index (χ4v) is 2.33. The number of hydrogen-bond acceptors (Lipinski definition) is 2. The van der Waals surface area contributed by atoms with Crippen LogP contribution in [0.4, 0.5) is 0 Å². The monoisotopic (exact) mass is 298 g/mol. The van der Waals surface area contributed by atoms with Gasteiger partial charge in [0.25, 0.3) is 0 Å². The van der Waals surface area contributed by atoms with Gasteiger partial charge in [0.2, 0.25) is 0 Å². The molecule has 0 N–H and O–H groups in total. The third-order valence-corrected chi connectivity index (χ3v) is 3.10. The number of rotatable bonds is 7. The molecule has 0 heterocycles. The SMILES string of the molecule is CCCCCCOc1c(C)cc(Br)cc1C=O. The average molecular weight is 299 g/mol. The van der Waals surface area contributed by atoms with Crippen LogP contribution < -0.4 is 4.74 Å². The van der Waals surface area contributed by atoms with Crippen LogP contribution in [-0.2, 0) is 0 Å². The number of aldehydes is 1. The van der Waals surface area contributed by atoms with E-state index in [1.165, 1.54) is 19.3 Å². The van der Waals surface area contributed by atoms with Crippen molar-refractivity contribution in [1.29, 1.82) is 0 Å². The predicted octanol–water partition coefficient (Wildman–Crippen LogP) is 4.53. The molecule has 0 aromatic heterocycles. The lowest BCUT2D eigenvalue weighted by molar-refractivity contribution is 0.111. The lowest BCUT2D eigenvalue weighted by Crippen LogP contribution is -2.02. The zero-order valence-electron chi connectivity index (χ0n) is 10.5. The number of hydrogen-bond donors (Lipinski definition) is 0. The van der Waals surface area contributed by atoms with Gasteiger partial charge in [0, 0.05) is 4.47 Å². The second-order valence-electron chi connectivity index (χ2n) is 4.17. The van der Waals surface area contributed by atoms with Crippen LogP contribution in [-0.4, -0.2) is 12.9 Å². The normalized spacial score (nSPS) is 10.3. The van der Waals surface area contributed by atoms with E-state index in [9.17, 15) is 4.79 Å². The Hall–Kier alpha value is -0.830. The van der Waals surface area contributed by atoms with E-state index in [-0.39, 0.29) is 0 Å². The molecule has 1 aromatic rings. The Morgan fingerprint density at radius 1 is 1.29 bits per heavy atom. The van der Waals surface area contributed by atoms with Crippen molar-refractivity contribution in [2.45, 2.75) is 39.5 Å². The molecule has 3 heteroatoms. The molecular formula is C14H19BrO2.